The summed E-state index contributed by atoms with van der Waals surface area (Å²) in [6, 6.07) is 18.7. The lowest BCUT2D eigenvalue weighted by Gasteiger charge is -2.28. The number of hydrogen-bond donors (Lipinski definition) is 1. The van der Waals surface area contributed by atoms with Crippen molar-refractivity contribution in [2.75, 3.05) is 43.1 Å². The Kier molecular flexibility index (Phi) is 9.01. The van der Waals surface area contributed by atoms with Crippen LogP contribution in [0.1, 0.15) is 24.8 Å². The van der Waals surface area contributed by atoms with Crippen molar-refractivity contribution in [2.24, 2.45) is 0 Å². The summed E-state index contributed by atoms with van der Waals surface area (Å²) in [6.07, 6.45) is 3.68. The number of ether oxygens (including phenoxy) is 2. The van der Waals surface area contributed by atoms with Crippen LogP contribution in [0.25, 0.3) is 0 Å². The zero-order chi connectivity index (χ0) is 27.1. The summed E-state index contributed by atoms with van der Waals surface area (Å²) in [5.74, 6) is 0.222. The molecule has 0 atom stereocenters. The Morgan fingerprint density at radius 1 is 0.921 bits per heavy atom. The lowest BCUT2D eigenvalue weighted by atomic mass is 10.1. The lowest BCUT2D eigenvalue weighted by molar-refractivity contribution is -0.119. The highest BCUT2D eigenvalue weighted by Crippen LogP contribution is 2.32. The third-order valence-corrected chi connectivity index (χ3v) is 8.51. The first-order valence-electron chi connectivity index (χ1n) is 12.4. The van der Waals surface area contributed by atoms with Crippen molar-refractivity contribution in [3.05, 3.63) is 77.3 Å². The smallest absolute Gasteiger partial charge is 0.264 e. The van der Waals surface area contributed by atoms with Crippen LogP contribution in [-0.4, -0.2) is 48.2 Å². The number of benzene rings is 3. The summed E-state index contributed by atoms with van der Waals surface area (Å²) >= 11 is 6.02. The number of carbonyl (C=O) groups is 1. The first-order chi connectivity index (χ1) is 18.3. The first kappa shape index (κ1) is 27.6. The van der Waals surface area contributed by atoms with E-state index in [1.54, 1.807) is 24.3 Å². The fourth-order valence-electron chi connectivity index (χ4n) is 4.39. The number of methoxy groups -OCH3 is 2. The van der Waals surface area contributed by atoms with Crippen molar-refractivity contribution in [3.63, 3.8) is 0 Å². The van der Waals surface area contributed by atoms with Crippen molar-refractivity contribution >= 4 is 38.9 Å². The average molecular weight is 558 g/mol. The Labute approximate surface area is 229 Å². The summed E-state index contributed by atoms with van der Waals surface area (Å²) in [4.78, 5) is 15.3. The van der Waals surface area contributed by atoms with Gasteiger partial charge in [-0.1, -0.05) is 23.7 Å². The number of hydrogen-bond acceptors (Lipinski definition) is 6. The van der Waals surface area contributed by atoms with Crippen LogP contribution in [0, 0.1) is 0 Å². The summed E-state index contributed by atoms with van der Waals surface area (Å²) in [5, 5.41) is 3.30. The van der Waals surface area contributed by atoms with Crippen LogP contribution < -0.4 is 24.0 Å². The van der Waals surface area contributed by atoms with E-state index in [-0.39, 0.29) is 17.2 Å². The van der Waals surface area contributed by atoms with E-state index in [1.165, 1.54) is 57.4 Å². The number of rotatable bonds is 10. The van der Waals surface area contributed by atoms with Gasteiger partial charge in [-0.2, -0.15) is 0 Å². The average Bonchev–Trinajstić information content (AvgIpc) is 2.95. The van der Waals surface area contributed by atoms with Gasteiger partial charge in [0, 0.05) is 36.4 Å². The van der Waals surface area contributed by atoms with E-state index in [0.29, 0.717) is 16.5 Å². The minimum absolute atomic E-state index is 0.0359. The minimum atomic E-state index is -4.13. The fraction of sp³-hybridized carbons (Fsp3) is 0.321. The lowest BCUT2D eigenvalue weighted by Crippen LogP contribution is -2.40. The van der Waals surface area contributed by atoms with Crippen molar-refractivity contribution in [1.29, 1.82) is 0 Å². The third kappa shape index (κ3) is 6.52. The molecule has 0 spiro atoms. The molecule has 4 rings (SSSR count). The van der Waals surface area contributed by atoms with E-state index < -0.39 is 22.5 Å². The Morgan fingerprint density at radius 2 is 1.58 bits per heavy atom. The van der Waals surface area contributed by atoms with Gasteiger partial charge in [-0.15, -0.1) is 0 Å². The van der Waals surface area contributed by atoms with Crippen LogP contribution in [0.2, 0.25) is 5.02 Å². The van der Waals surface area contributed by atoms with Gasteiger partial charge in [0.25, 0.3) is 10.0 Å². The molecule has 0 aromatic heterocycles. The highest BCUT2D eigenvalue weighted by Gasteiger charge is 2.28. The van der Waals surface area contributed by atoms with Crippen LogP contribution in [-0.2, 0) is 21.4 Å². The van der Waals surface area contributed by atoms with E-state index in [1.807, 2.05) is 12.1 Å². The highest BCUT2D eigenvalue weighted by molar-refractivity contribution is 7.92. The molecular weight excluding hydrogens is 526 g/mol. The van der Waals surface area contributed by atoms with Crippen molar-refractivity contribution in [3.8, 4) is 11.5 Å². The van der Waals surface area contributed by atoms with E-state index in [2.05, 4.69) is 22.3 Å². The van der Waals surface area contributed by atoms with Crippen LogP contribution >= 0.6 is 11.6 Å². The standard InChI is InChI=1S/C28H32ClN3O5S/c1-36-26-15-14-25(18-27(26)37-2)38(34,35)32(24-12-8-22(29)9-13-24)20-28(33)30-19-21-6-10-23(11-7-21)31-16-4-3-5-17-31/h6-15,18H,3-5,16-17,19-20H2,1-2H3,(H,30,33). The van der Waals surface area contributed by atoms with E-state index in [9.17, 15) is 13.2 Å². The topological polar surface area (TPSA) is 88.2 Å². The number of nitrogens with zero attached hydrogens (tertiary/aromatic N) is 2. The van der Waals surface area contributed by atoms with Gasteiger partial charge in [0.2, 0.25) is 5.91 Å². The molecular formula is C28H32ClN3O5S. The van der Waals surface area contributed by atoms with Gasteiger partial charge < -0.3 is 19.7 Å². The highest BCUT2D eigenvalue weighted by atomic mass is 35.5. The van der Waals surface area contributed by atoms with E-state index in [4.69, 9.17) is 21.1 Å². The van der Waals surface area contributed by atoms with Gasteiger partial charge in [0.1, 0.15) is 6.54 Å². The summed E-state index contributed by atoms with van der Waals surface area (Å²) in [5.41, 5.74) is 2.42. The zero-order valence-corrected chi connectivity index (χ0v) is 23.1. The van der Waals surface area contributed by atoms with E-state index >= 15 is 0 Å². The number of carbonyl (C=O) groups excluding carboxylic acids is 1. The predicted octanol–water partition coefficient (Wildman–Crippen LogP) is 4.86. The molecule has 8 nitrogen and oxygen atoms in total. The third-order valence-electron chi connectivity index (χ3n) is 6.49. The second-order valence-electron chi connectivity index (χ2n) is 9.00. The number of halogens is 1. The van der Waals surface area contributed by atoms with Crippen molar-refractivity contribution < 1.29 is 22.7 Å². The van der Waals surface area contributed by atoms with Crippen LogP contribution in [0.4, 0.5) is 11.4 Å². The molecule has 0 aliphatic carbocycles. The van der Waals surface area contributed by atoms with Gasteiger partial charge in [-0.05, 0) is 73.4 Å². The number of nitrogens with one attached hydrogen (secondary N) is 1. The first-order valence-corrected chi connectivity index (χ1v) is 14.2. The molecule has 0 bridgehead atoms. The Hall–Kier alpha value is -3.43. The summed E-state index contributed by atoms with van der Waals surface area (Å²) < 4.78 is 39.0. The predicted molar refractivity (Wildman–Crippen MR) is 150 cm³/mol. The number of piperidine rings is 1. The summed E-state index contributed by atoms with van der Waals surface area (Å²) in [7, 11) is -1.23. The van der Waals surface area contributed by atoms with Crippen LogP contribution in [0.15, 0.2) is 71.6 Å². The van der Waals surface area contributed by atoms with Gasteiger partial charge in [0.05, 0.1) is 24.8 Å². The zero-order valence-electron chi connectivity index (χ0n) is 21.5. The van der Waals surface area contributed by atoms with Gasteiger partial charge in [0.15, 0.2) is 11.5 Å². The quantitative estimate of drug-likeness (QED) is 0.383. The maximum Gasteiger partial charge on any atom is 0.264 e. The van der Waals surface area contributed by atoms with Crippen molar-refractivity contribution in [1.82, 2.24) is 5.32 Å². The number of amides is 1. The van der Waals surface area contributed by atoms with Gasteiger partial charge in [-0.25, -0.2) is 8.42 Å². The molecule has 1 aliphatic heterocycles. The second kappa shape index (κ2) is 12.4. The van der Waals surface area contributed by atoms with Gasteiger partial charge in [-0.3, -0.25) is 9.10 Å². The maximum atomic E-state index is 13.7. The van der Waals surface area contributed by atoms with Gasteiger partial charge >= 0.3 is 0 Å². The molecule has 1 saturated heterocycles. The molecule has 1 amide bonds. The van der Waals surface area contributed by atoms with E-state index in [0.717, 1.165) is 23.0 Å². The molecule has 1 heterocycles. The molecule has 0 saturated carbocycles. The molecule has 1 aliphatic rings. The Morgan fingerprint density at radius 3 is 2.21 bits per heavy atom. The summed E-state index contributed by atoms with van der Waals surface area (Å²) in [6.45, 7) is 1.99. The molecule has 0 unspecified atom stereocenters. The number of anilines is 2. The normalized spacial score (nSPS) is 13.6. The molecule has 202 valence electrons. The molecule has 3 aromatic carbocycles. The largest absolute Gasteiger partial charge is 0.493 e. The van der Waals surface area contributed by atoms with Crippen molar-refractivity contribution in [2.45, 2.75) is 30.7 Å². The SMILES string of the molecule is COc1ccc(S(=O)(=O)N(CC(=O)NCc2ccc(N3CCCCC3)cc2)c2ccc(Cl)cc2)cc1OC. The molecule has 3 aromatic rings. The number of sulfonamides is 1. The van der Waals surface area contributed by atoms with Crippen LogP contribution in [0.3, 0.4) is 0 Å². The monoisotopic (exact) mass is 557 g/mol. The molecule has 1 N–H and O–H groups in total. The fourth-order valence-corrected chi connectivity index (χ4v) is 5.95. The Balaban J connectivity index is 1.50. The maximum absolute atomic E-state index is 13.7. The van der Waals surface area contributed by atoms with Crippen LogP contribution in [0.5, 0.6) is 11.5 Å². The molecule has 38 heavy (non-hydrogen) atoms. The molecule has 10 heteroatoms. The molecule has 0 radical (unpaired) electrons. The minimum Gasteiger partial charge on any atom is -0.493 e. The Bertz CT molecular complexity index is 1340. The second-order valence-corrected chi connectivity index (χ2v) is 11.3. The molecule has 1 fully saturated rings.